The Hall–Kier alpha value is -1.48. The third kappa shape index (κ3) is 5.41. The Labute approximate surface area is 179 Å². The van der Waals surface area contributed by atoms with E-state index >= 15 is 0 Å². The summed E-state index contributed by atoms with van der Waals surface area (Å²) in [6.45, 7) is 5.84. The van der Waals surface area contributed by atoms with Gasteiger partial charge in [0.05, 0.1) is 18.1 Å². The summed E-state index contributed by atoms with van der Waals surface area (Å²) in [5.41, 5.74) is 0.927. The lowest BCUT2D eigenvalue weighted by atomic mass is 10.1. The minimum atomic E-state index is -3.53. The molecular weight excluding hydrogens is 402 g/mol. The standard InChI is InChI=1S/C22H33N3O4S/c1-17-3-2-4-21(13-17)30(27,28)23-15-20-8-7-19(25(20)16-18-5-6-18)14-22(26)24-9-11-29-12-10-24/h2-4,13,18-20,23H,5-12,14-16H2,1H3/t19-,20+/m1/s1. The van der Waals surface area contributed by atoms with Gasteiger partial charge in [-0.25, -0.2) is 13.1 Å². The van der Waals surface area contributed by atoms with Crippen LogP contribution in [0.25, 0.3) is 0 Å². The number of benzene rings is 1. The fourth-order valence-electron chi connectivity index (χ4n) is 4.57. The molecule has 1 aromatic rings. The van der Waals surface area contributed by atoms with Gasteiger partial charge in [-0.3, -0.25) is 9.69 Å². The van der Waals surface area contributed by atoms with E-state index in [0.717, 1.165) is 24.9 Å². The second-order valence-corrected chi connectivity index (χ2v) is 10.7. The van der Waals surface area contributed by atoms with Crippen molar-refractivity contribution in [3.05, 3.63) is 29.8 Å². The van der Waals surface area contributed by atoms with Crippen molar-refractivity contribution in [2.75, 3.05) is 39.4 Å². The van der Waals surface area contributed by atoms with E-state index in [-0.39, 0.29) is 18.0 Å². The van der Waals surface area contributed by atoms with Crippen molar-refractivity contribution in [3.63, 3.8) is 0 Å². The molecule has 1 aromatic carbocycles. The molecular formula is C22H33N3O4S. The molecule has 2 heterocycles. The third-order valence-corrected chi connectivity index (χ3v) is 7.94. The fourth-order valence-corrected chi connectivity index (χ4v) is 5.74. The predicted octanol–water partition coefficient (Wildman–Crippen LogP) is 1.77. The van der Waals surface area contributed by atoms with Crippen LogP contribution in [0, 0.1) is 12.8 Å². The average Bonchev–Trinajstić information content (AvgIpc) is 3.49. The molecule has 2 saturated heterocycles. The first-order chi connectivity index (χ1) is 14.4. The largest absolute Gasteiger partial charge is 0.378 e. The van der Waals surface area contributed by atoms with Crippen LogP contribution < -0.4 is 4.72 Å². The number of morpholine rings is 1. The minimum absolute atomic E-state index is 0.146. The van der Waals surface area contributed by atoms with Gasteiger partial charge in [0.2, 0.25) is 15.9 Å². The molecule has 0 aromatic heterocycles. The van der Waals surface area contributed by atoms with Crippen molar-refractivity contribution in [1.82, 2.24) is 14.5 Å². The average molecular weight is 436 g/mol. The number of hydrogen-bond acceptors (Lipinski definition) is 5. The highest BCUT2D eigenvalue weighted by Crippen LogP contribution is 2.35. The molecule has 1 aliphatic carbocycles. The maximum absolute atomic E-state index is 12.8. The molecule has 0 bridgehead atoms. The number of carbonyl (C=O) groups is 1. The lowest BCUT2D eigenvalue weighted by Crippen LogP contribution is -2.47. The van der Waals surface area contributed by atoms with Crippen molar-refractivity contribution in [2.24, 2.45) is 5.92 Å². The molecule has 166 valence electrons. The normalized spacial score (nSPS) is 25.6. The maximum atomic E-state index is 12.8. The van der Waals surface area contributed by atoms with Gasteiger partial charge in [-0.05, 0) is 56.2 Å². The quantitative estimate of drug-likeness (QED) is 0.673. The van der Waals surface area contributed by atoms with E-state index in [2.05, 4.69) is 9.62 Å². The number of rotatable bonds is 8. The molecule has 0 radical (unpaired) electrons. The van der Waals surface area contributed by atoms with Gasteiger partial charge in [0.15, 0.2) is 0 Å². The predicted molar refractivity (Wildman–Crippen MR) is 115 cm³/mol. The van der Waals surface area contributed by atoms with Gasteiger partial charge in [0.1, 0.15) is 0 Å². The van der Waals surface area contributed by atoms with Crippen LogP contribution in [0.2, 0.25) is 0 Å². The number of hydrogen-bond donors (Lipinski definition) is 1. The van der Waals surface area contributed by atoms with Crippen molar-refractivity contribution in [3.8, 4) is 0 Å². The summed E-state index contributed by atoms with van der Waals surface area (Å²) < 4.78 is 33.7. The molecule has 1 amide bonds. The van der Waals surface area contributed by atoms with Crippen LogP contribution in [0.4, 0.5) is 0 Å². The van der Waals surface area contributed by atoms with Gasteiger partial charge >= 0.3 is 0 Å². The van der Waals surface area contributed by atoms with Crippen LogP contribution >= 0.6 is 0 Å². The highest BCUT2D eigenvalue weighted by Gasteiger charge is 2.39. The number of likely N-dealkylation sites (tertiary alicyclic amines) is 1. The van der Waals surface area contributed by atoms with Gasteiger partial charge in [0.25, 0.3) is 0 Å². The summed E-state index contributed by atoms with van der Waals surface area (Å²) in [5, 5.41) is 0. The SMILES string of the molecule is Cc1cccc(S(=O)(=O)NC[C@@H]2CC[C@H](CC(=O)N3CCOCC3)N2CC2CC2)c1. The first-order valence-electron chi connectivity index (χ1n) is 11.1. The molecule has 0 spiro atoms. The molecule has 1 N–H and O–H groups in total. The molecule has 1 saturated carbocycles. The molecule has 2 aliphatic heterocycles. The second-order valence-electron chi connectivity index (χ2n) is 8.89. The molecule has 3 fully saturated rings. The monoisotopic (exact) mass is 435 g/mol. The Balaban J connectivity index is 1.38. The van der Waals surface area contributed by atoms with E-state index in [1.54, 1.807) is 18.2 Å². The van der Waals surface area contributed by atoms with Gasteiger partial charge in [-0.1, -0.05) is 12.1 Å². The minimum Gasteiger partial charge on any atom is -0.378 e. The van der Waals surface area contributed by atoms with E-state index in [4.69, 9.17) is 4.74 Å². The van der Waals surface area contributed by atoms with Crippen LogP contribution in [0.5, 0.6) is 0 Å². The highest BCUT2D eigenvalue weighted by atomic mass is 32.2. The molecule has 3 aliphatic rings. The zero-order valence-corrected chi connectivity index (χ0v) is 18.6. The zero-order valence-electron chi connectivity index (χ0n) is 17.8. The van der Waals surface area contributed by atoms with E-state index in [9.17, 15) is 13.2 Å². The van der Waals surface area contributed by atoms with Crippen molar-refractivity contribution < 1.29 is 17.9 Å². The summed E-state index contributed by atoms with van der Waals surface area (Å²) in [6, 6.07) is 7.34. The Morgan fingerprint density at radius 2 is 1.87 bits per heavy atom. The van der Waals surface area contributed by atoms with Gasteiger partial charge in [0, 0.05) is 44.7 Å². The van der Waals surface area contributed by atoms with Crippen molar-refractivity contribution in [1.29, 1.82) is 0 Å². The van der Waals surface area contributed by atoms with Crippen molar-refractivity contribution in [2.45, 2.75) is 56.0 Å². The summed E-state index contributed by atoms with van der Waals surface area (Å²) >= 11 is 0. The van der Waals surface area contributed by atoms with Crippen LogP contribution in [-0.4, -0.2) is 75.6 Å². The van der Waals surface area contributed by atoms with Gasteiger partial charge < -0.3 is 9.64 Å². The molecule has 30 heavy (non-hydrogen) atoms. The zero-order chi connectivity index (χ0) is 21.1. The molecule has 7 nitrogen and oxygen atoms in total. The molecule has 2 atom stereocenters. The Morgan fingerprint density at radius 3 is 2.57 bits per heavy atom. The van der Waals surface area contributed by atoms with Gasteiger partial charge in [-0.2, -0.15) is 0 Å². The van der Waals surface area contributed by atoms with Crippen LogP contribution in [-0.2, 0) is 19.6 Å². The first kappa shape index (κ1) is 21.7. The van der Waals surface area contributed by atoms with E-state index in [1.807, 2.05) is 17.9 Å². The summed E-state index contributed by atoms with van der Waals surface area (Å²) in [5.74, 6) is 0.894. The smallest absolute Gasteiger partial charge is 0.240 e. The second kappa shape index (κ2) is 9.34. The van der Waals surface area contributed by atoms with E-state index < -0.39 is 10.0 Å². The number of nitrogens with zero attached hydrogens (tertiary/aromatic N) is 2. The van der Waals surface area contributed by atoms with Gasteiger partial charge in [-0.15, -0.1) is 0 Å². The summed E-state index contributed by atoms with van der Waals surface area (Å²) in [4.78, 5) is 17.4. The molecule has 0 unspecified atom stereocenters. The topological polar surface area (TPSA) is 79.0 Å². The number of sulfonamides is 1. The van der Waals surface area contributed by atoms with Crippen LogP contribution in [0.3, 0.4) is 0 Å². The lowest BCUT2D eigenvalue weighted by molar-refractivity contribution is -0.136. The number of aryl methyl sites for hydroxylation is 1. The van der Waals surface area contributed by atoms with E-state index in [0.29, 0.717) is 50.1 Å². The Morgan fingerprint density at radius 1 is 1.13 bits per heavy atom. The fraction of sp³-hybridized carbons (Fsp3) is 0.682. The molecule has 4 rings (SSSR count). The number of nitrogens with one attached hydrogen (secondary N) is 1. The first-order valence-corrected chi connectivity index (χ1v) is 12.6. The Bertz CT molecular complexity index is 850. The van der Waals surface area contributed by atoms with Crippen molar-refractivity contribution >= 4 is 15.9 Å². The number of ether oxygens (including phenoxy) is 1. The number of amides is 1. The molecule has 8 heteroatoms. The Kier molecular flexibility index (Phi) is 6.77. The maximum Gasteiger partial charge on any atom is 0.240 e. The van der Waals surface area contributed by atoms with Crippen LogP contribution in [0.1, 0.15) is 37.7 Å². The van der Waals surface area contributed by atoms with Crippen LogP contribution in [0.15, 0.2) is 29.2 Å². The van der Waals surface area contributed by atoms with E-state index in [1.165, 1.54) is 12.8 Å². The highest BCUT2D eigenvalue weighted by molar-refractivity contribution is 7.89. The third-order valence-electron chi connectivity index (χ3n) is 6.52. The summed E-state index contributed by atoms with van der Waals surface area (Å²) in [7, 11) is -3.53. The number of carbonyl (C=O) groups excluding carboxylic acids is 1. The lowest BCUT2D eigenvalue weighted by Gasteiger charge is -2.33. The summed E-state index contributed by atoms with van der Waals surface area (Å²) in [6.07, 6.45) is 4.86.